The van der Waals surface area contributed by atoms with Gasteiger partial charge < -0.3 is 4.90 Å². The first-order valence-electron chi connectivity index (χ1n) is 9.32. The van der Waals surface area contributed by atoms with Gasteiger partial charge in [0.15, 0.2) is 0 Å². The van der Waals surface area contributed by atoms with Gasteiger partial charge in [-0.25, -0.2) is 0 Å². The minimum atomic E-state index is 0.256. The first-order chi connectivity index (χ1) is 11.3. The molecule has 1 aliphatic heterocycles. The van der Waals surface area contributed by atoms with Gasteiger partial charge in [-0.3, -0.25) is 4.79 Å². The summed E-state index contributed by atoms with van der Waals surface area (Å²) in [7, 11) is 0. The molecule has 3 aliphatic rings. The van der Waals surface area contributed by atoms with Crippen LogP contribution in [0, 0.1) is 5.41 Å². The van der Waals surface area contributed by atoms with Crippen molar-refractivity contribution in [3.05, 3.63) is 47.0 Å². The van der Waals surface area contributed by atoms with Crippen LogP contribution in [-0.2, 0) is 12.8 Å². The maximum absolute atomic E-state index is 13.0. The lowest BCUT2D eigenvalue weighted by Gasteiger charge is -2.44. The van der Waals surface area contributed by atoms with Crippen LogP contribution in [-0.4, -0.2) is 23.9 Å². The third-order valence-corrected chi connectivity index (χ3v) is 6.10. The van der Waals surface area contributed by atoms with Crippen molar-refractivity contribution in [2.75, 3.05) is 13.1 Å². The maximum atomic E-state index is 13.0. The molecule has 1 fully saturated rings. The van der Waals surface area contributed by atoms with Gasteiger partial charge in [-0.1, -0.05) is 18.2 Å². The van der Waals surface area contributed by atoms with Gasteiger partial charge in [0.25, 0.3) is 5.91 Å². The van der Waals surface area contributed by atoms with Gasteiger partial charge in [-0.15, -0.1) is 0 Å². The Morgan fingerprint density at radius 1 is 1.00 bits per heavy atom. The number of piperidine rings is 1. The number of allylic oxidation sites excluding steroid dienone is 2. The van der Waals surface area contributed by atoms with Crippen molar-refractivity contribution in [2.45, 2.75) is 57.8 Å². The summed E-state index contributed by atoms with van der Waals surface area (Å²) in [5, 5.41) is 0. The molecule has 0 bridgehead atoms. The summed E-state index contributed by atoms with van der Waals surface area (Å²) < 4.78 is 0. The summed E-state index contributed by atoms with van der Waals surface area (Å²) in [6.07, 6.45) is 15.5. The number of fused-ring (bicyclic) bond motifs is 1. The van der Waals surface area contributed by atoms with Gasteiger partial charge in [0.2, 0.25) is 0 Å². The number of amides is 1. The SMILES string of the molecule is O=C(c1ccc2c(c1)CCCC2)N1CCC[C@]2(CC=CCC2)C1. The van der Waals surface area contributed by atoms with E-state index in [4.69, 9.17) is 0 Å². The molecule has 1 aromatic carbocycles. The Bertz CT molecular complexity index is 633. The van der Waals surface area contributed by atoms with E-state index in [1.807, 2.05) is 0 Å². The van der Waals surface area contributed by atoms with Crippen molar-refractivity contribution < 1.29 is 4.79 Å². The molecule has 1 aromatic rings. The average Bonchev–Trinajstić information content (AvgIpc) is 2.61. The van der Waals surface area contributed by atoms with Gasteiger partial charge in [0, 0.05) is 18.7 Å². The monoisotopic (exact) mass is 309 g/mol. The lowest BCUT2D eigenvalue weighted by atomic mass is 9.71. The van der Waals surface area contributed by atoms with E-state index >= 15 is 0 Å². The number of carbonyl (C=O) groups is 1. The number of hydrogen-bond donors (Lipinski definition) is 0. The highest BCUT2D eigenvalue weighted by molar-refractivity contribution is 5.94. The number of nitrogens with zero attached hydrogens (tertiary/aromatic N) is 1. The molecule has 0 radical (unpaired) electrons. The highest BCUT2D eigenvalue weighted by Gasteiger charge is 2.37. The van der Waals surface area contributed by atoms with Crippen molar-refractivity contribution in [1.29, 1.82) is 0 Å². The third-order valence-electron chi connectivity index (χ3n) is 6.10. The van der Waals surface area contributed by atoms with E-state index in [2.05, 4.69) is 35.3 Å². The van der Waals surface area contributed by atoms with Gasteiger partial charge >= 0.3 is 0 Å². The molecule has 1 spiro atoms. The van der Waals surface area contributed by atoms with Crippen LogP contribution in [0.15, 0.2) is 30.4 Å². The zero-order valence-corrected chi connectivity index (χ0v) is 14.0. The maximum Gasteiger partial charge on any atom is 0.253 e. The van der Waals surface area contributed by atoms with Crippen LogP contribution in [0.25, 0.3) is 0 Å². The number of rotatable bonds is 1. The van der Waals surface area contributed by atoms with Crippen LogP contribution in [0.3, 0.4) is 0 Å². The summed E-state index contributed by atoms with van der Waals surface area (Å²) >= 11 is 0. The van der Waals surface area contributed by atoms with Crippen LogP contribution in [0.2, 0.25) is 0 Å². The van der Waals surface area contributed by atoms with Crippen molar-refractivity contribution in [3.8, 4) is 0 Å². The van der Waals surface area contributed by atoms with E-state index in [1.54, 1.807) is 0 Å². The fourth-order valence-corrected chi connectivity index (χ4v) is 4.74. The molecule has 2 aliphatic carbocycles. The number of carbonyl (C=O) groups excluding carboxylic acids is 1. The molecule has 2 heteroatoms. The van der Waals surface area contributed by atoms with Gasteiger partial charge in [-0.2, -0.15) is 0 Å². The molecular formula is C21H27NO. The zero-order valence-electron chi connectivity index (χ0n) is 14.0. The third kappa shape index (κ3) is 2.96. The fourth-order valence-electron chi connectivity index (χ4n) is 4.74. The fraction of sp³-hybridized carbons (Fsp3) is 0.571. The summed E-state index contributed by atoms with van der Waals surface area (Å²) in [5.74, 6) is 0.256. The highest BCUT2D eigenvalue weighted by atomic mass is 16.2. The Morgan fingerprint density at radius 2 is 1.87 bits per heavy atom. The Labute approximate surface area is 139 Å². The first kappa shape index (κ1) is 15.0. The lowest BCUT2D eigenvalue weighted by molar-refractivity contribution is 0.0484. The predicted molar refractivity (Wildman–Crippen MR) is 93.6 cm³/mol. The molecule has 23 heavy (non-hydrogen) atoms. The molecule has 122 valence electrons. The summed E-state index contributed by atoms with van der Waals surface area (Å²) in [5.41, 5.74) is 4.14. The molecule has 0 saturated carbocycles. The molecule has 0 unspecified atom stereocenters. The minimum absolute atomic E-state index is 0.256. The second kappa shape index (κ2) is 6.14. The topological polar surface area (TPSA) is 20.3 Å². The largest absolute Gasteiger partial charge is 0.338 e. The van der Waals surface area contributed by atoms with E-state index in [0.29, 0.717) is 5.41 Å². The second-order valence-electron chi connectivity index (χ2n) is 7.74. The van der Waals surface area contributed by atoms with E-state index in [0.717, 1.165) is 37.9 Å². The van der Waals surface area contributed by atoms with Crippen LogP contribution in [0.4, 0.5) is 0 Å². The molecule has 1 heterocycles. The van der Waals surface area contributed by atoms with Gasteiger partial charge in [0.05, 0.1) is 0 Å². The van der Waals surface area contributed by atoms with E-state index < -0.39 is 0 Å². The van der Waals surface area contributed by atoms with Crippen molar-refractivity contribution in [3.63, 3.8) is 0 Å². The summed E-state index contributed by atoms with van der Waals surface area (Å²) in [6.45, 7) is 1.88. The molecule has 2 nitrogen and oxygen atoms in total. The molecule has 0 aromatic heterocycles. The molecule has 4 rings (SSSR count). The Kier molecular flexibility index (Phi) is 4.00. The smallest absolute Gasteiger partial charge is 0.253 e. The second-order valence-corrected chi connectivity index (χ2v) is 7.74. The predicted octanol–water partition coefficient (Wildman–Crippen LogP) is 4.53. The minimum Gasteiger partial charge on any atom is -0.338 e. The molecule has 1 amide bonds. The van der Waals surface area contributed by atoms with Crippen molar-refractivity contribution in [2.24, 2.45) is 5.41 Å². The van der Waals surface area contributed by atoms with Crippen molar-refractivity contribution in [1.82, 2.24) is 4.90 Å². The van der Waals surface area contributed by atoms with Gasteiger partial charge in [-0.05, 0) is 86.5 Å². The molecule has 0 N–H and O–H groups in total. The zero-order chi connectivity index (χ0) is 15.7. The van der Waals surface area contributed by atoms with Crippen LogP contribution >= 0.6 is 0 Å². The Hall–Kier alpha value is -1.57. The Balaban J connectivity index is 1.53. The number of hydrogen-bond acceptors (Lipinski definition) is 1. The average molecular weight is 309 g/mol. The van der Waals surface area contributed by atoms with Crippen LogP contribution < -0.4 is 0 Å². The first-order valence-corrected chi connectivity index (χ1v) is 9.32. The van der Waals surface area contributed by atoms with Crippen LogP contribution in [0.1, 0.15) is 66.4 Å². The van der Waals surface area contributed by atoms with Crippen LogP contribution in [0.5, 0.6) is 0 Å². The van der Waals surface area contributed by atoms with E-state index in [1.165, 1.54) is 49.7 Å². The number of likely N-dealkylation sites (tertiary alicyclic amines) is 1. The molecular weight excluding hydrogens is 282 g/mol. The summed E-state index contributed by atoms with van der Waals surface area (Å²) in [6, 6.07) is 6.44. The Morgan fingerprint density at radius 3 is 2.70 bits per heavy atom. The summed E-state index contributed by atoms with van der Waals surface area (Å²) in [4.78, 5) is 15.2. The molecule has 1 saturated heterocycles. The van der Waals surface area contributed by atoms with Gasteiger partial charge in [0.1, 0.15) is 0 Å². The normalized spacial score (nSPS) is 27.0. The number of benzene rings is 1. The van der Waals surface area contributed by atoms with E-state index in [-0.39, 0.29) is 5.91 Å². The van der Waals surface area contributed by atoms with Crippen molar-refractivity contribution >= 4 is 5.91 Å². The molecule has 1 atom stereocenters. The van der Waals surface area contributed by atoms with E-state index in [9.17, 15) is 4.79 Å². The number of aryl methyl sites for hydroxylation is 2. The standard InChI is InChI=1S/C21H27NO/c23-20(19-10-9-17-7-2-3-8-18(17)15-19)22-14-6-13-21(16-22)11-4-1-5-12-21/h1,4,9-10,15H,2-3,5-8,11-14,16H2/t21-/m1/s1. The quantitative estimate of drug-likeness (QED) is 0.698. The lowest BCUT2D eigenvalue weighted by Crippen LogP contribution is -2.46. The highest BCUT2D eigenvalue weighted by Crippen LogP contribution is 2.41.